The van der Waals surface area contributed by atoms with Gasteiger partial charge in [0.25, 0.3) is 0 Å². The van der Waals surface area contributed by atoms with Crippen LogP contribution in [-0.2, 0) is 9.47 Å². The summed E-state index contributed by atoms with van der Waals surface area (Å²) in [4.78, 5) is 0. The number of nitrogens with one attached hydrogen (secondary N) is 1. The van der Waals surface area contributed by atoms with Crippen LogP contribution in [0.4, 0.5) is 0 Å². The zero-order chi connectivity index (χ0) is 10.8. The molecule has 0 atom stereocenters. The smallest absolute Gasteiger partial charge is 0.0476 e. The first-order valence-corrected chi connectivity index (χ1v) is 6.87. The molecule has 0 saturated carbocycles. The largest absolute Gasteiger partial charge is 0.385 e. The van der Waals surface area contributed by atoms with E-state index in [-0.39, 0.29) is 0 Å². The topological polar surface area (TPSA) is 30.5 Å². The molecule has 0 spiro atoms. The van der Waals surface area contributed by atoms with Gasteiger partial charge in [-0.25, -0.2) is 0 Å². The van der Waals surface area contributed by atoms with Gasteiger partial charge < -0.3 is 14.8 Å². The molecule has 90 valence electrons. The number of rotatable bonds is 8. The Bertz CT molecular complexity index is 141. The van der Waals surface area contributed by atoms with Crippen molar-refractivity contribution in [1.29, 1.82) is 0 Å². The van der Waals surface area contributed by atoms with E-state index in [0.717, 1.165) is 44.6 Å². The Morgan fingerprint density at radius 2 is 2.13 bits per heavy atom. The van der Waals surface area contributed by atoms with Crippen LogP contribution in [0.15, 0.2) is 0 Å². The fraction of sp³-hybridized carbons (Fsp3) is 1.00. The van der Waals surface area contributed by atoms with Crippen LogP contribution in [0.5, 0.6) is 0 Å². The fourth-order valence-corrected chi connectivity index (χ4v) is 2.73. The monoisotopic (exact) mass is 233 g/mol. The second kappa shape index (κ2) is 9.46. The van der Waals surface area contributed by atoms with Crippen molar-refractivity contribution in [3.8, 4) is 0 Å². The predicted molar refractivity (Wildman–Crippen MR) is 65.7 cm³/mol. The van der Waals surface area contributed by atoms with Crippen molar-refractivity contribution in [1.82, 2.24) is 5.32 Å². The number of ether oxygens (including phenoxy) is 2. The Labute approximate surface area is 97.3 Å². The average Bonchev–Trinajstić information content (AvgIpc) is 2.29. The second-order valence-electron chi connectivity index (χ2n) is 3.78. The molecule has 3 nitrogen and oxygen atoms in total. The molecule has 1 aliphatic rings. The van der Waals surface area contributed by atoms with Crippen molar-refractivity contribution in [2.45, 2.75) is 24.5 Å². The number of hydrogen-bond acceptors (Lipinski definition) is 4. The molecule has 1 N–H and O–H groups in total. The SMILES string of the molecule is COCCCNCCSC1CCOCC1. The highest BCUT2D eigenvalue weighted by Crippen LogP contribution is 2.21. The van der Waals surface area contributed by atoms with Crippen LogP contribution >= 0.6 is 11.8 Å². The Balaban J connectivity index is 1.79. The molecule has 0 aromatic carbocycles. The average molecular weight is 233 g/mol. The van der Waals surface area contributed by atoms with Gasteiger partial charge in [0.15, 0.2) is 0 Å². The Morgan fingerprint density at radius 1 is 1.33 bits per heavy atom. The van der Waals surface area contributed by atoms with E-state index in [1.54, 1.807) is 7.11 Å². The minimum absolute atomic E-state index is 0.833. The minimum atomic E-state index is 0.833. The van der Waals surface area contributed by atoms with Crippen LogP contribution in [-0.4, -0.2) is 51.0 Å². The molecule has 0 aromatic heterocycles. The summed E-state index contributed by atoms with van der Waals surface area (Å²) in [6.07, 6.45) is 3.57. The van der Waals surface area contributed by atoms with Crippen LogP contribution in [0.1, 0.15) is 19.3 Å². The summed E-state index contributed by atoms with van der Waals surface area (Å²) in [6.45, 7) is 4.96. The van der Waals surface area contributed by atoms with Crippen LogP contribution < -0.4 is 5.32 Å². The van der Waals surface area contributed by atoms with Gasteiger partial charge in [0.05, 0.1) is 0 Å². The van der Waals surface area contributed by atoms with Gasteiger partial charge in [-0.15, -0.1) is 0 Å². The number of hydrogen-bond donors (Lipinski definition) is 1. The summed E-state index contributed by atoms with van der Waals surface area (Å²) in [5.41, 5.74) is 0. The summed E-state index contributed by atoms with van der Waals surface area (Å²) < 4.78 is 10.3. The first-order chi connectivity index (χ1) is 7.43. The highest BCUT2D eigenvalue weighted by atomic mass is 32.2. The lowest BCUT2D eigenvalue weighted by molar-refractivity contribution is 0.100. The summed E-state index contributed by atoms with van der Waals surface area (Å²) in [5, 5.41) is 4.26. The van der Waals surface area contributed by atoms with Crippen molar-refractivity contribution < 1.29 is 9.47 Å². The molecule has 15 heavy (non-hydrogen) atoms. The van der Waals surface area contributed by atoms with Gasteiger partial charge in [-0.2, -0.15) is 11.8 Å². The van der Waals surface area contributed by atoms with Crippen molar-refractivity contribution in [3.05, 3.63) is 0 Å². The normalized spacial score (nSPS) is 18.2. The van der Waals surface area contributed by atoms with Crippen molar-refractivity contribution in [2.75, 3.05) is 45.8 Å². The molecule has 0 aliphatic carbocycles. The van der Waals surface area contributed by atoms with Gasteiger partial charge in [0.2, 0.25) is 0 Å². The maximum Gasteiger partial charge on any atom is 0.0476 e. The van der Waals surface area contributed by atoms with Gasteiger partial charge in [0, 0.05) is 44.5 Å². The summed E-state index contributed by atoms with van der Waals surface area (Å²) in [6, 6.07) is 0. The zero-order valence-electron chi connectivity index (χ0n) is 9.67. The maximum absolute atomic E-state index is 5.33. The highest BCUT2D eigenvalue weighted by Gasteiger charge is 2.13. The second-order valence-corrected chi connectivity index (χ2v) is 5.19. The summed E-state index contributed by atoms with van der Waals surface area (Å²) >= 11 is 2.09. The Hall–Kier alpha value is 0.230. The van der Waals surface area contributed by atoms with E-state index in [1.165, 1.54) is 18.6 Å². The van der Waals surface area contributed by atoms with Gasteiger partial charge >= 0.3 is 0 Å². The molecule has 1 saturated heterocycles. The lowest BCUT2D eigenvalue weighted by atomic mass is 10.2. The van der Waals surface area contributed by atoms with Crippen LogP contribution in [0.25, 0.3) is 0 Å². The first-order valence-electron chi connectivity index (χ1n) is 5.82. The van der Waals surface area contributed by atoms with Gasteiger partial charge in [-0.05, 0) is 25.8 Å². The molecule has 0 amide bonds. The van der Waals surface area contributed by atoms with Crippen LogP contribution in [0.3, 0.4) is 0 Å². The quantitative estimate of drug-likeness (QED) is 0.644. The lowest BCUT2D eigenvalue weighted by Gasteiger charge is -2.21. The summed E-state index contributed by atoms with van der Waals surface area (Å²) in [7, 11) is 1.75. The number of thioether (sulfide) groups is 1. The lowest BCUT2D eigenvalue weighted by Crippen LogP contribution is -2.22. The third kappa shape index (κ3) is 7.17. The minimum Gasteiger partial charge on any atom is -0.385 e. The molecule has 1 aliphatic heterocycles. The third-order valence-corrected chi connectivity index (χ3v) is 3.89. The molecule has 0 aromatic rings. The predicted octanol–water partition coefficient (Wildman–Crippen LogP) is 1.52. The van der Waals surface area contributed by atoms with Crippen LogP contribution in [0.2, 0.25) is 0 Å². The van der Waals surface area contributed by atoms with Gasteiger partial charge in [-0.1, -0.05) is 0 Å². The van der Waals surface area contributed by atoms with E-state index in [2.05, 4.69) is 17.1 Å². The first kappa shape index (κ1) is 13.3. The number of methoxy groups -OCH3 is 1. The fourth-order valence-electron chi connectivity index (χ4n) is 1.61. The molecule has 1 heterocycles. The highest BCUT2D eigenvalue weighted by molar-refractivity contribution is 7.99. The van der Waals surface area contributed by atoms with E-state index < -0.39 is 0 Å². The molecule has 0 unspecified atom stereocenters. The molecule has 1 fully saturated rings. The van der Waals surface area contributed by atoms with E-state index in [1.807, 2.05) is 0 Å². The molecule has 1 rings (SSSR count). The van der Waals surface area contributed by atoms with Gasteiger partial charge in [-0.3, -0.25) is 0 Å². The molecule has 0 radical (unpaired) electrons. The zero-order valence-corrected chi connectivity index (χ0v) is 10.5. The van der Waals surface area contributed by atoms with Crippen molar-refractivity contribution >= 4 is 11.8 Å². The molecular formula is C11H23NO2S. The van der Waals surface area contributed by atoms with E-state index in [0.29, 0.717) is 0 Å². The van der Waals surface area contributed by atoms with Crippen LogP contribution in [0, 0.1) is 0 Å². The Morgan fingerprint density at radius 3 is 2.87 bits per heavy atom. The Kier molecular flexibility index (Phi) is 8.38. The molecule has 0 bridgehead atoms. The maximum atomic E-state index is 5.33. The molecule has 4 heteroatoms. The summed E-state index contributed by atoms with van der Waals surface area (Å²) in [5.74, 6) is 1.22. The standard InChI is InChI=1S/C11H23NO2S/c1-13-7-2-5-12-6-10-15-11-3-8-14-9-4-11/h11-12H,2-10H2,1H3. The molecular weight excluding hydrogens is 210 g/mol. The van der Waals surface area contributed by atoms with E-state index >= 15 is 0 Å². The van der Waals surface area contributed by atoms with Crippen molar-refractivity contribution in [3.63, 3.8) is 0 Å². The van der Waals surface area contributed by atoms with Crippen molar-refractivity contribution in [2.24, 2.45) is 0 Å². The van der Waals surface area contributed by atoms with E-state index in [4.69, 9.17) is 9.47 Å². The third-order valence-electron chi connectivity index (χ3n) is 2.50. The van der Waals surface area contributed by atoms with E-state index in [9.17, 15) is 0 Å². The van der Waals surface area contributed by atoms with Gasteiger partial charge in [0.1, 0.15) is 0 Å².